The summed E-state index contributed by atoms with van der Waals surface area (Å²) >= 11 is 4.83. The van der Waals surface area contributed by atoms with Crippen molar-refractivity contribution in [1.29, 1.82) is 0 Å². The van der Waals surface area contributed by atoms with Gasteiger partial charge < -0.3 is 14.2 Å². The number of benzene rings is 3. The van der Waals surface area contributed by atoms with Gasteiger partial charge in [-0.1, -0.05) is 54.6 Å². The van der Waals surface area contributed by atoms with E-state index in [0.717, 1.165) is 11.1 Å². The Hall–Kier alpha value is -4.17. The average Bonchev–Trinajstić information content (AvgIpc) is 2.85. The number of ether oxygens (including phenoxy) is 3. The van der Waals surface area contributed by atoms with Crippen LogP contribution in [-0.2, 0) is 22.8 Å². The number of para-hydroxylation sites is 1. The van der Waals surface area contributed by atoms with Crippen molar-refractivity contribution in [2.24, 2.45) is 0 Å². The van der Waals surface area contributed by atoms with E-state index in [1.165, 1.54) is 6.08 Å². The van der Waals surface area contributed by atoms with Crippen molar-refractivity contribution in [3.8, 4) is 17.2 Å². The Morgan fingerprint density at radius 3 is 2.15 bits per heavy atom. The largest absolute Gasteiger partial charge is 0.493 e. The molecule has 3 aromatic rings. The summed E-state index contributed by atoms with van der Waals surface area (Å²) in [5.41, 5.74) is 2.46. The zero-order valence-electron chi connectivity index (χ0n) is 18.4. The van der Waals surface area contributed by atoms with E-state index in [0.29, 0.717) is 29.4 Å². The second-order valence-electron chi connectivity index (χ2n) is 7.38. The fourth-order valence-corrected chi connectivity index (χ4v) is 3.50. The molecule has 1 aliphatic rings. The Bertz CT molecular complexity index is 1240. The predicted octanol–water partition coefficient (Wildman–Crippen LogP) is 3.77. The Labute approximate surface area is 202 Å². The summed E-state index contributed by atoms with van der Waals surface area (Å²) in [6.45, 7) is 0.680. The maximum atomic E-state index is 12.2. The van der Waals surface area contributed by atoms with Crippen LogP contribution in [0.25, 0.3) is 6.08 Å². The molecular weight excluding hydrogens is 452 g/mol. The van der Waals surface area contributed by atoms with Crippen molar-refractivity contribution >= 4 is 35.2 Å². The summed E-state index contributed by atoms with van der Waals surface area (Å²) < 4.78 is 17.4. The molecule has 0 bridgehead atoms. The van der Waals surface area contributed by atoms with Gasteiger partial charge in [-0.25, -0.2) is 0 Å². The average molecular weight is 475 g/mol. The van der Waals surface area contributed by atoms with E-state index >= 15 is 0 Å². The monoisotopic (exact) mass is 474 g/mol. The summed E-state index contributed by atoms with van der Waals surface area (Å²) in [6, 6.07) is 22.6. The number of nitrogens with one attached hydrogen (secondary N) is 2. The number of hydrogen-bond donors (Lipinski definition) is 2. The maximum absolute atomic E-state index is 12.2. The highest BCUT2D eigenvalue weighted by Crippen LogP contribution is 2.30. The van der Waals surface area contributed by atoms with Crippen LogP contribution in [0.1, 0.15) is 16.7 Å². The van der Waals surface area contributed by atoms with Crippen molar-refractivity contribution < 1.29 is 23.8 Å². The highest BCUT2D eigenvalue weighted by molar-refractivity contribution is 7.80. The van der Waals surface area contributed by atoms with E-state index in [1.807, 2.05) is 54.6 Å². The molecule has 0 saturated carbocycles. The Morgan fingerprint density at radius 2 is 1.41 bits per heavy atom. The topological polar surface area (TPSA) is 85.9 Å². The number of carbonyl (C=O) groups is 2. The van der Waals surface area contributed by atoms with Crippen LogP contribution in [-0.4, -0.2) is 24.0 Å². The fraction of sp³-hybridized carbons (Fsp3) is 0.115. The molecule has 0 spiro atoms. The first-order chi connectivity index (χ1) is 16.5. The lowest BCUT2D eigenvalue weighted by molar-refractivity contribution is -0.123. The van der Waals surface area contributed by atoms with Gasteiger partial charge in [-0.2, -0.15) is 0 Å². The molecule has 1 heterocycles. The number of amides is 2. The highest BCUT2D eigenvalue weighted by Gasteiger charge is 2.26. The Kier molecular flexibility index (Phi) is 7.19. The fourth-order valence-electron chi connectivity index (χ4n) is 3.31. The van der Waals surface area contributed by atoms with Crippen molar-refractivity contribution in [3.05, 3.63) is 95.1 Å². The molecule has 3 aromatic carbocycles. The molecule has 4 rings (SSSR count). The van der Waals surface area contributed by atoms with E-state index in [4.69, 9.17) is 26.4 Å². The zero-order chi connectivity index (χ0) is 23.9. The lowest BCUT2D eigenvalue weighted by Crippen LogP contribution is -2.51. The van der Waals surface area contributed by atoms with Gasteiger partial charge in [0.25, 0.3) is 11.8 Å². The first-order valence-corrected chi connectivity index (χ1v) is 10.9. The number of rotatable bonds is 8. The molecule has 1 saturated heterocycles. The summed E-state index contributed by atoms with van der Waals surface area (Å²) in [5, 5.41) is 4.83. The van der Waals surface area contributed by atoms with Crippen LogP contribution < -0.4 is 24.8 Å². The SMILES string of the molecule is COc1cc(COc2ccccc2C=C2C(=O)NC(=S)NC2=O)ccc1OCc1ccccc1. The van der Waals surface area contributed by atoms with E-state index in [2.05, 4.69) is 10.6 Å². The highest BCUT2D eigenvalue weighted by atomic mass is 32.1. The normalized spacial score (nSPS) is 13.1. The quantitative estimate of drug-likeness (QED) is 0.294. The van der Waals surface area contributed by atoms with Crippen LogP contribution >= 0.6 is 12.2 Å². The molecule has 8 heteroatoms. The maximum Gasteiger partial charge on any atom is 0.263 e. The first kappa shape index (κ1) is 23.0. The molecular formula is C26H22N2O5S. The second-order valence-corrected chi connectivity index (χ2v) is 7.79. The molecule has 1 aliphatic heterocycles. The van der Waals surface area contributed by atoms with Gasteiger partial charge in [-0.05, 0) is 47.6 Å². The number of carbonyl (C=O) groups excluding carboxylic acids is 2. The molecule has 2 amide bonds. The molecule has 0 atom stereocenters. The first-order valence-electron chi connectivity index (χ1n) is 10.5. The lowest BCUT2D eigenvalue weighted by atomic mass is 10.1. The minimum absolute atomic E-state index is 0.0122. The van der Waals surface area contributed by atoms with Crippen LogP contribution in [0.5, 0.6) is 17.2 Å². The minimum atomic E-state index is -0.556. The lowest BCUT2D eigenvalue weighted by Gasteiger charge is -2.17. The third kappa shape index (κ3) is 5.60. The molecule has 172 valence electrons. The van der Waals surface area contributed by atoms with Crippen LogP contribution in [0.15, 0.2) is 78.4 Å². The van der Waals surface area contributed by atoms with Gasteiger partial charge in [0, 0.05) is 5.56 Å². The summed E-state index contributed by atoms with van der Waals surface area (Å²) in [5.74, 6) is 0.636. The van der Waals surface area contributed by atoms with Gasteiger partial charge in [0.1, 0.15) is 24.5 Å². The summed E-state index contributed by atoms with van der Waals surface area (Å²) in [7, 11) is 1.59. The molecule has 0 aliphatic carbocycles. The van der Waals surface area contributed by atoms with Crippen molar-refractivity contribution in [3.63, 3.8) is 0 Å². The third-order valence-electron chi connectivity index (χ3n) is 5.02. The Morgan fingerprint density at radius 1 is 0.765 bits per heavy atom. The van der Waals surface area contributed by atoms with Crippen molar-refractivity contribution in [2.75, 3.05) is 7.11 Å². The molecule has 0 aromatic heterocycles. The molecule has 34 heavy (non-hydrogen) atoms. The minimum Gasteiger partial charge on any atom is -0.493 e. The van der Waals surface area contributed by atoms with Crippen LogP contribution in [0, 0.1) is 0 Å². The van der Waals surface area contributed by atoms with Gasteiger partial charge in [0.2, 0.25) is 0 Å². The van der Waals surface area contributed by atoms with Gasteiger partial charge in [-0.15, -0.1) is 0 Å². The summed E-state index contributed by atoms with van der Waals surface area (Å²) in [6.07, 6.45) is 1.48. The number of methoxy groups -OCH3 is 1. The van der Waals surface area contributed by atoms with E-state index in [9.17, 15) is 9.59 Å². The number of thiocarbonyl (C=S) groups is 1. The predicted molar refractivity (Wildman–Crippen MR) is 131 cm³/mol. The summed E-state index contributed by atoms with van der Waals surface area (Å²) in [4.78, 5) is 24.3. The van der Waals surface area contributed by atoms with Gasteiger partial charge >= 0.3 is 0 Å². The van der Waals surface area contributed by atoms with E-state index in [1.54, 1.807) is 25.3 Å². The smallest absolute Gasteiger partial charge is 0.263 e. The van der Waals surface area contributed by atoms with E-state index in [-0.39, 0.29) is 17.3 Å². The van der Waals surface area contributed by atoms with Crippen molar-refractivity contribution in [1.82, 2.24) is 10.6 Å². The van der Waals surface area contributed by atoms with E-state index < -0.39 is 11.8 Å². The van der Waals surface area contributed by atoms with Crippen LogP contribution in [0.4, 0.5) is 0 Å². The van der Waals surface area contributed by atoms with Crippen molar-refractivity contribution in [2.45, 2.75) is 13.2 Å². The Balaban J connectivity index is 1.47. The third-order valence-corrected chi connectivity index (χ3v) is 5.23. The molecule has 2 N–H and O–H groups in total. The molecule has 0 unspecified atom stereocenters. The molecule has 7 nitrogen and oxygen atoms in total. The van der Waals surface area contributed by atoms with Gasteiger partial charge in [0.05, 0.1) is 7.11 Å². The van der Waals surface area contributed by atoms with Gasteiger partial charge in [-0.3, -0.25) is 20.2 Å². The molecule has 0 radical (unpaired) electrons. The standard InChI is InChI=1S/C26H22N2O5S/c1-31-23-13-18(11-12-22(23)33-15-17-7-3-2-4-8-17)16-32-21-10-6-5-9-19(21)14-20-24(29)27-26(34)28-25(20)30/h2-14H,15-16H2,1H3,(H2,27,28,29,30,34). The van der Waals surface area contributed by atoms with Crippen LogP contribution in [0.3, 0.4) is 0 Å². The zero-order valence-corrected chi connectivity index (χ0v) is 19.2. The second kappa shape index (κ2) is 10.6. The number of hydrogen-bond acceptors (Lipinski definition) is 6. The van der Waals surface area contributed by atoms with Gasteiger partial charge in [0.15, 0.2) is 16.6 Å². The van der Waals surface area contributed by atoms with Crippen LogP contribution in [0.2, 0.25) is 0 Å². The molecule has 1 fully saturated rings.